The second kappa shape index (κ2) is 12.6. The summed E-state index contributed by atoms with van der Waals surface area (Å²) in [5, 5.41) is 0. The molecule has 0 nitrogen and oxygen atoms in total. The minimum absolute atomic E-state index is 0. The SMILES string of the molecule is CCCCC1C=C(C(C)(C)C)C=[C]1/[Zr+2](=[C](\C)c1ccccc1)[c]1cccc2c1Cc1ccccc1-2.[Cl-].[Cl-]. The molecule has 0 N–H and O–H groups in total. The molecular formula is C34H38Cl2Zr. The summed E-state index contributed by atoms with van der Waals surface area (Å²) in [5.74, 6) is 0.594. The zero-order chi connectivity index (χ0) is 24.6. The maximum absolute atomic E-state index is 2.66. The van der Waals surface area contributed by atoms with Gasteiger partial charge in [-0.3, -0.25) is 0 Å². The van der Waals surface area contributed by atoms with Crippen molar-refractivity contribution in [3.05, 3.63) is 110 Å². The molecular weight excluding hydrogens is 571 g/mol. The molecule has 0 saturated heterocycles. The monoisotopic (exact) mass is 606 g/mol. The van der Waals surface area contributed by atoms with E-state index in [2.05, 4.69) is 120 Å². The molecule has 1 atom stereocenters. The second-order valence-electron chi connectivity index (χ2n) is 11.3. The Hall–Kier alpha value is -1.53. The predicted octanol–water partition coefficient (Wildman–Crippen LogP) is 2.43. The van der Waals surface area contributed by atoms with Gasteiger partial charge in [0.2, 0.25) is 0 Å². The summed E-state index contributed by atoms with van der Waals surface area (Å²) in [4.78, 5) is 0. The number of rotatable bonds is 6. The van der Waals surface area contributed by atoms with Gasteiger partial charge in [-0.2, -0.15) is 0 Å². The van der Waals surface area contributed by atoms with Crippen LogP contribution in [-0.4, -0.2) is 3.21 Å². The second-order valence-corrected chi connectivity index (χ2v) is 17.7. The third-order valence-electron chi connectivity index (χ3n) is 7.82. The summed E-state index contributed by atoms with van der Waals surface area (Å²) in [6.07, 6.45) is 10.2. The molecule has 192 valence electrons. The van der Waals surface area contributed by atoms with E-state index in [9.17, 15) is 0 Å². The molecule has 5 rings (SSSR count). The number of fused-ring (bicyclic) bond motifs is 3. The van der Waals surface area contributed by atoms with E-state index in [0.29, 0.717) is 5.92 Å². The molecule has 0 aliphatic heterocycles. The van der Waals surface area contributed by atoms with Crippen LogP contribution in [0.25, 0.3) is 11.1 Å². The van der Waals surface area contributed by atoms with Gasteiger partial charge in [-0.15, -0.1) is 0 Å². The van der Waals surface area contributed by atoms with Gasteiger partial charge < -0.3 is 24.8 Å². The molecule has 0 amide bonds. The Morgan fingerprint density at radius 3 is 2.24 bits per heavy atom. The van der Waals surface area contributed by atoms with E-state index in [1.165, 1.54) is 41.5 Å². The summed E-state index contributed by atoms with van der Waals surface area (Å²) in [5.41, 5.74) is 9.20. The largest absolute Gasteiger partial charge is 1.00 e. The van der Waals surface area contributed by atoms with Crippen LogP contribution in [0.4, 0.5) is 0 Å². The van der Waals surface area contributed by atoms with Crippen molar-refractivity contribution < 1.29 is 46.1 Å². The molecule has 2 aliphatic rings. The average Bonchev–Trinajstić information content (AvgIpc) is 3.46. The smallest absolute Gasteiger partial charge is 1.00 e. The van der Waals surface area contributed by atoms with Crippen molar-refractivity contribution in [2.24, 2.45) is 11.3 Å². The first-order valence-electron chi connectivity index (χ1n) is 13.3. The fourth-order valence-corrected chi connectivity index (χ4v) is 13.9. The molecule has 37 heavy (non-hydrogen) atoms. The molecule has 3 aromatic carbocycles. The van der Waals surface area contributed by atoms with Crippen LogP contribution in [0.2, 0.25) is 0 Å². The molecule has 3 heteroatoms. The van der Waals surface area contributed by atoms with E-state index in [4.69, 9.17) is 0 Å². The van der Waals surface area contributed by atoms with Crippen molar-refractivity contribution in [3.8, 4) is 11.1 Å². The van der Waals surface area contributed by atoms with E-state index >= 15 is 0 Å². The minimum Gasteiger partial charge on any atom is -1.00 e. The first-order valence-corrected chi connectivity index (χ1v) is 17.0. The zero-order valence-electron chi connectivity index (χ0n) is 22.7. The molecule has 0 saturated carbocycles. The fraction of sp³-hybridized carbons (Fsp3) is 0.324. The van der Waals surface area contributed by atoms with Crippen LogP contribution in [0.15, 0.2) is 93.8 Å². The maximum atomic E-state index is 2.66. The number of hydrogen-bond acceptors (Lipinski definition) is 0. The quantitative estimate of drug-likeness (QED) is 0.316. The Balaban J connectivity index is 0.00000190. The fourth-order valence-electron chi connectivity index (χ4n) is 5.81. The number of halogens is 2. The molecule has 0 bridgehead atoms. The molecule has 1 unspecified atom stereocenters. The van der Waals surface area contributed by atoms with Gasteiger partial charge in [-0.05, 0) is 0 Å². The van der Waals surface area contributed by atoms with Gasteiger partial charge in [-0.25, -0.2) is 0 Å². The van der Waals surface area contributed by atoms with Crippen LogP contribution in [0.5, 0.6) is 0 Å². The third-order valence-corrected chi connectivity index (χ3v) is 15.5. The topological polar surface area (TPSA) is 0 Å². The van der Waals surface area contributed by atoms with Gasteiger partial charge in [0.25, 0.3) is 0 Å². The van der Waals surface area contributed by atoms with Crippen molar-refractivity contribution in [3.63, 3.8) is 0 Å². The van der Waals surface area contributed by atoms with Crippen LogP contribution in [0, 0.1) is 11.3 Å². The van der Waals surface area contributed by atoms with E-state index in [0.717, 1.165) is 6.42 Å². The standard InChI is InChI=1S/C13H9.C13H21.C8H8.2ClH.Zr/c1-3-7-12-10(5-1)9-11-6-2-4-8-13(11)12;1-5-6-7-11-8-9-12(10-11)13(2,3)4;1-2-8-6-4-3-5-7-8;;;/h1-5,7-8H,9H2;9-11H,5-7H2,1-4H3;3-7H,1H3;2*1H;/q;;;;;+2/p-2. The van der Waals surface area contributed by atoms with Gasteiger partial charge in [-0.1, -0.05) is 0 Å². The first-order chi connectivity index (χ1) is 16.9. The Labute approximate surface area is 244 Å². The van der Waals surface area contributed by atoms with Crippen LogP contribution in [0.1, 0.15) is 70.6 Å². The van der Waals surface area contributed by atoms with E-state index in [-0.39, 0.29) is 30.2 Å². The van der Waals surface area contributed by atoms with Gasteiger partial charge in [0, 0.05) is 0 Å². The van der Waals surface area contributed by atoms with Crippen molar-refractivity contribution in [2.45, 2.75) is 60.3 Å². The van der Waals surface area contributed by atoms with Gasteiger partial charge in [0.15, 0.2) is 0 Å². The summed E-state index contributed by atoms with van der Waals surface area (Å²) < 4.78 is 5.14. The van der Waals surface area contributed by atoms with Crippen molar-refractivity contribution in [1.29, 1.82) is 0 Å². The predicted molar refractivity (Wildman–Crippen MR) is 149 cm³/mol. The Morgan fingerprint density at radius 2 is 1.54 bits per heavy atom. The Morgan fingerprint density at radius 1 is 0.865 bits per heavy atom. The minimum atomic E-state index is -2.42. The molecule has 0 heterocycles. The van der Waals surface area contributed by atoms with E-state index < -0.39 is 21.3 Å². The number of allylic oxidation sites excluding steroid dienone is 4. The molecule has 3 aromatic rings. The maximum Gasteiger partial charge on any atom is -1.00 e. The number of benzene rings is 3. The van der Waals surface area contributed by atoms with Gasteiger partial charge >= 0.3 is 221 Å². The van der Waals surface area contributed by atoms with Crippen molar-refractivity contribution in [1.82, 2.24) is 0 Å². The van der Waals surface area contributed by atoms with Crippen LogP contribution >= 0.6 is 0 Å². The Kier molecular flexibility index (Phi) is 10.2. The summed E-state index contributed by atoms with van der Waals surface area (Å²) in [7, 11) is 0. The number of hydrogen-bond donors (Lipinski definition) is 0. The summed E-state index contributed by atoms with van der Waals surface area (Å²) in [6.45, 7) is 11.9. The molecule has 0 fully saturated rings. The molecule has 0 radical (unpaired) electrons. The van der Waals surface area contributed by atoms with E-state index in [1.54, 1.807) is 20.9 Å². The molecule has 0 aromatic heterocycles. The summed E-state index contributed by atoms with van der Waals surface area (Å²) >= 11 is -2.42. The zero-order valence-corrected chi connectivity index (χ0v) is 26.7. The molecule has 0 spiro atoms. The van der Waals surface area contributed by atoms with Gasteiger partial charge in [0.1, 0.15) is 0 Å². The van der Waals surface area contributed by atoms with Crippen LogP contribution < -0.4 is 28.1 Å². The normalized spacial score (nSPS) is 16.0. The summed E-state index contributed by atoms with van der Waals surface area (Å²) in [6, 6.07) is 27.5. The molecule has 2 aliphatic carbocycles. The van der Waals surface area contributed by atoms with Crippen LogP contribution in [-0.2, 0) is 27.7 Å². The average molecular weight is 609 g/mol. The first kappa shape index (κ1) is 30.0. The van der Waals surface area contributed by atoms with Crippen molar-refractivity contribution >= 4 is 6.48 Å². The Bertz CT molecular complexity index is 1340. The number of unbranched alkanes of at least 4 members (excludes halogenated alkanes) is 1. The van der Waals surface area contributed by atoms with Gasteiger partial charge in [0.05, 0.1) is 0 Å². The van der Waals surface area contributed by atoms with Crippen molar-refractivity contribution in [2.75, 3.05) is 0 Å². The van der Waals surface area contributed by atoms with Crippen LogP contribution in [0.3, 0.4) is 0 Å². The van der Waals surface area contributed by atoms with E-state index in [1.807, 2.05) is 0 Å². The third kappa shape index (κ3) is 6.06.